The molecule has 2 aliphatic heterocycles. The van der Waals surface area contributed by atoms with Gasteiger partial charge >= 0.3 is 0 Å². The van der Waals surface area contributed by atoms with Gasteiger partial charge in [0.1, 0.15) is 5.00 Å². The van der Waals surface area contributed by atoms with Crippen LogP contribution in [-0.2, 0) is 17.0 Å². The molecule has 0 unspecified atom stereocenters. The van der Waals surface area contributed by atoms with Gasteiger partial charge in [0.2, 0.25) is 5.91 Å². The third-order valence-corrected chi connectivity index (χ3v) is 8.04. The first kappa shape index (κ1) is 20.9. The Morgan fingerprint density at radius 1 is 1.07 bits per heavy atom. The van der Waals surface area contributed by atoms with Crippen molar-refractivity contribution in [3.8, 4) is 0 Å². The first-order valence-electron chi connectivity index (χ1n) is 10.2. The summed E-state index contributed by atoms with van der Waals surface area (Å²) < 4.78 is 0. The number of thiophene rings is 1. The maximum absolute atomic E-state index is 13.3. The number of likely N-dealkylation sites (tertiary alicyclic amines) is 1. The molecule has 2 aromatic rings. The van der Waals surface area contributed by atoms with E-state index in [4.69, 9.17) is 11.6 Å². The minimum atomic E-state index is -0.0314. The smallest absolute Gasteiger partial charge is 0.239 e. The minimum Gasteiger partial charge on any atom is -0.316 e. The van der Waals surface area contributed by atoms with Crippen LogP contribution in [0.25, 0.3) is 0 Å². The number of nitrogens with zero attached hydrogens (tertiary/aromatic N) is 1. The molecular formula is C22H25ClN2O2S2. The summed E-state index contributed by atoms with van der Waals surface area (Å²) in [5, 5.41) is 4.39. The van der Waals surface area contributed by atoms with Gasteiger partial charge in [-0.3, -0.25) is 14.5 Å². The largest absolute Gasteiger partial charge is 0.316 e. The van der Waals surface area contributed by atoms with E-state index in [2.05, 4.69) is 10.2 Å². The zero-order valence-corrected chi connectivity index (χ0v) is 18.7. The molecule has 154 valence electrons. The Bertz CT molecular complexity index is 887. The molecule has 3 heterocycles. The summed E-state index contributed by atoms with van der Waals surface area (Å²) in [5.41, 5.74) is 2.40. The van der Waals surface area contributed by atoms with Crippen molar-refractivity contribution in [1.82, 2.24) is 4.90 Å². The summed E-state index contributed by atoms with van der Waals surface area (Å²) in [6.07, 6.45) is 5.66. The number of carbonyl (C=O) groups excluding carboxylic acids is 2. The normalized spacial score (nSPS) is 17.4. The average Bonchev–Trinajstić information content (AvgIpc) is 2.87. The van der Waals surface area contributed by atoms with Gasteiger partial charge in [0, 0.05) is 21.2 Å². The van der Waals surface area contributed by atoms with Crippen LogP contribution in [0.2, 0.25) is 5.02 Å². The molecule has 0 aliphatic carbocycles. The summed E-state index contributed by atoms with van der Waals surface area (Å²) in [6, 6.07) is 6.99. The monoisotopic (exact) mass is 448 g/mol. The number of carbonyl (C=O) groups is 2. The van der Waals surface area contributed by atoms with Gasteiger partial charge in [0.25, 0.3) is 0 Å². The van der Waals surface area contributed by atoms with Gasteiger partial charge in [-0.15, -0.1) is 11.3 Å². The van der Waals surface area contributed by atoms with Crippen LogP contribution >= 0.6 is 34.7 Å². The lowest BCUT2D eigenvalue weighted by Gasteiger charge is -2.19. The third-order valence-electron chi connectivity index (χ3n) is 5.47. The number of rotatable bonds is 5. The molecular weight excluding hydrogens is 424 g/mol. The highest BCUT2D eigenvalue weighted by Crippen LogP contribution is 2.40. The summed E-state index contributed by atoms with van der Waals surface area (Å²) in [5.74, 6) is 1.86. The summed E-state index contributed by atoms with van der Waals surface area (Å²) in [4.78, 5) is 29.5. The lowest BCUT2D eigenvalue weighted by Crippen LogP contribution is -2.34. The van der Waals surface area contributed by atoms with Crippen LogP contribution in [0.5, 0.6) is 0 Å². The molecule has 0 saturated carbocycles. The molecule has 1 fully saturated rings. The topological polar surface area (TPSA) is 49.4 Å². The number of ketones is 1. The molecule has 1 saturated heterocycles. The molecule has 1 amide bonds. The fraction of sp³-hybridized carbons (Fsp3) is 0.455. The number of hydrogen-bond donors (Lipinski definition) is 1. The van der Waals surface area contributed by atoms with E-state index in [0.717, 1.165) is 49.4 Å². The molecule has 1 aromatic carbocycles. The zero-order valence-electron chi connectivity index (χ0n) is 16.3. The Labute approximate surface area is 185 Å². The van der Waals surface area contributed by atoms with Crippen LogP contribution in [0.15, 0.2) is 24.3 Å². The van der Waals surface area contributed by atoms with Crippen LogP contribution in [0.1, 0.15) is 52.0 Å². The van der Waals surface area contributed by atoms with E-state index in [-0.39, 0.29) is 11.7 Å². The van der Waals surface area contributed by atoms with Crippen molar-refractivity contribution in [3.05, 3.63) is 50.9 Å². The fourth-order valence-electron chi connectivity index (χ4n) is 3.97. The summed E-state index contributed by atoms with van der Waals surface area (Å²) in [7, 11) is 0. The van der Waals surface area contributed by atoms with E-state index in [1.807, 2.05) is 11.8 Å². The second-order valence-corrected chi connectivity index (χ2v) is 10.2. The van der Waals surface area contributed by atoms with Crippen LogP contribution in [-0.4, -0.2) is 42.0 Å². The number of benzene rings is 1. The molecule has 1 N–H and O–H groups in total. The van der Waals surface area contributed by atoms with Crippen LogP contribution in [0, 0.1) is 0 Å². The maximum atomic E-state index is 13.3. The predicted octanol–water partition coefficient (Wildman–Crippen LogP) is 5.24. The van der Waals surface area contributed by atoms with Gasteiger partial charge in [-0.1, -0.05) is 24.4 Å². The van der Waals surface area contributed by atoms with Crippen molar-refractivity contribution < 1.29 is 9.59 Å². The summed E-state index contributed by atoms with van der Waals surface area (Å²) in [6.45, 7) is 2.34. The first-order valence-corrected chi connectivity index (χ1v) is 12.5. The molecule has 4 rings (SSSR count). The Balaban J connectivity index is 1.57. The summed E-state index contributed by atoms with van der Waals surface area (Å²) >= 11 is 9.43. The number of thioether (sulfide) groups is 1. The van der Waals surface area contributed by atoms with Gasteiger partial charge in [-0.2, -0.15) is 11.8 Å². The van der Waals surface area contributed by atoms with Crippen LogP contribution < -0.4 is 5.32 Å². The predicted molar refractivity (Wildman–Crippen MR) is 123 cm³/mol. The second kappa shape index (κ2) is 9.65. The van der Waals surface area contributed by atoms with Gasteiger partial charge in [-0.25, -0.2) is 0 Å². The van der Waals surface area contributed by atoms with Crippen molar-refractivity contribution in [2.45, 2.75) is 37.9 Å². The minimum absolute atomic E-state index is 0.0247. The van der Waals surface area contributed by atoms with E-state index in [1.54, 1.807) is 35.6 Å². The van der Waals surface area contributed by atoms with Gasteiger partial charge < -0.3 is 5.32 Å². The SMILES string of the molecule is O=C(CN1CCCCCC1)Nc1sc2c(c1C(=O)c1ccc(Cl)cc1)CCSC2. The van der Waals surface area contributed by atoms with E-state index in [9.17, 15) is 9.59 Å². The molecule has 0 atom stereocenters. The van der Waals surface area contributed by atoms with E-state index in [1.165, 1.54) is 17.7 Å². The van der Waals surface area contributed by atoms with E-state index < -0.39 is 0 Å². The quantitative estimate of drug-likeness (QED) is 0.635. The Kier molecular flexibility index (Phi) is 6.96. The third kappa shape index (κ3) is 5.05. The lowest BCUT2D eigenvalue weighted by atomic mass is 9.98. The molecule has 2 aliphatic rings. The highest BCUT2D eigenvalue weighted by molar-refractivity contribution is 7.98. The van der Waals surface area contributed by atoms with Crippen molar-refractivity contribution in [2.24, 2.45) is 0 Å². The maximum Gasteiger partial charge on any atom is 0.239 e. The Morgan fingerprint density at radius 3 is 2.52 bits per heavy atom. The van der Waals surface area contributed by atoms with Crippen molar-refractivity contribution in [3.63, 3.8) is 0 Å². The van der Waals surface area contributed by atoms with E-state index in [0.29, 0.717) is 27.7 Å². The number of anilines is 1. The molecule has 29 heavy (non-hydrogen) atoms. The number of halogens is 1. The molecule has 7 heteroatoms. The van der Waals surface area contributed by atoms with Gasteiger partial charge in [-0.05, 0) is 67.9 Å². The lowest BCUT2D eigenvalue weighted by molar-refractivity contribution is -0.117. The zero-order chi connectivity index (χ0) is 20.2. The second-order valence-electron chi connectivity index (χ2n) is 7.59. The first-order chi connectivity index (χ1) is 14.1. The molecule has 0 spiro atoms. The van der Waals surface area contributed by atoms with E-state index >= 15 is 0 Å². The highest BCUT2D eigenvalue weighted by atomic mass is 35.5. The molecule has 1 aromatic heterocycles. The van der Waals surface area contributed by atoms with Gasteiger partial charge in [0.05, 0.1) is 12.1 Å². The van der Waals surface area contributed by atoms with Crippen molar-refractivity contribution in [2.75, 3.05) is 30.7 Å². The fourth-order valence-corrected chi connectivity index (χ4v) is 6.49. The van der Waals surface area contributed by atoms with Crippen LogP contribution in [0.3, 0.4) is 0 Å². The number of amides is 1. The molecule has 0 bridgehead atoms. The average molecular weight is 449 g/mol. The van der Waals surface area contributed by atoms with Gasteiger partial charge in [0.15, 0.2) is 5.78 Å². The number of fused-ring (bicyclic) bond motifs is 1. The van der Waals surface area contributed by atoms with Crippen LogP contribution in [0.4, 0.5) is 5.00 Å². The number of nitrogens with one attached hydrogen (secondary N) is 1. The molecule has 4 nitrogen and oxygen atoms in total. The van der Waals surface area contributed by atoms with Crippen molar-refractivity contribution >= 4 is 51.4 Å². The Hall–Kier alpha value is -1.34. The Morgan fingerprint density at radius 2 is 1.79 bits per heavy atom. The standard InChI is InChI=1S/C22H25ClN2O2S2/c23-16-7-5-15(6-8-16)21(27)20-17-9-12-28-14-18(17)29-22(20)24-19(26)13-25-10-3-1-2-4-11-25/h5-8H,1-4,9-14H2,(H,24,26). The highest BCUT2D eigenvalue weighted by Gasteiger charge is 2.27. The molecule has 0 radical (unpaired) electrons. The van der Waals surface area contributed by atoms with Crippen molar-refractivity contribution in [1.29, 1.82) is 0 Å². The number of hydrogen-bond acceptors (Lipinski definition) is 5.